The van der Waals surface area contributed by atoms with Crippen molar-refractivity contribution >= 4 is 16.0 Å². The number of rotatable bonds is 5. The van der Waals surface area contributed by atoms with Crippen molar-refractivity contribution in [3.63, 3.8) is 0 Å². The molecule has 0 bridgehead atoms. The normalized spacial score (nSPS) is 13.6. The van der Waals surface area contributed by atoms with Gasteiger partial charge in [-0.15, -0.1) is 0 Å². The standard InChI is InChI=1S/C7H11N3O5S/c1-10-4-5(2-8-10)16(14,15)9-3-6(11)7(12)13/h2,4,6,9,11H,3H2,1H3,(H,12,13)/t6-/m0/s1. The molecule has 1 atom stereocenters. The molecule has 0 radical (unpaired) electrons. The number of hydrogen-bond acceptors (Lipinski definition) is 5. The van der Waals surface area contributed by atoms with Crippen molar-refractivity contribution in [2.75, 3.05) is 6.54 Å². The molecule has 0 amide bonds. The minimum atomic E-state index is -3.82. The first-order valence-electron chi connectivity index (χ1n) is 4.22. The molecule has 16 heavy (non-hydrogen) atoms. The van der Waals surface area contributed by atoms with Crippen LogP contribution in [-0.2, 0) is 21.9 Å². The molecule has 0 saturated carbocycles. The van der Waals surface area contributed by atoms with E-state index >= 15 is 0 Å². The van der Waals surface area contributed by atoms with Crippen molar-refractivity contribution in [2.24, 2.45) is 7.05 Å². The third-order valence-electron chi connectivity index (χ3n) is 1.74. The van der Waals surface area contributed by atoms with Crippen LogP contribution in [0.2, 0.25) is 0 Å². The number of aryl methyl sites for hydroxylation is 1. The van der Waals surface area contributed by atoms with E-state index < -0.39 is 28.6 Å². The van der Waals surface area contributed by atoms with Gasteiger partial charge in [-0.3, -0.25) is 4.68 Å². The molecule has 1 aromatic rings. The molecule has 0 saturated heterocycles. The highest BCUT2D eigenvalue weighted by Gasteiger charge is 2.20. The summed E-state index contributed by atoms with van der Waals surface area (Å²) in [6, 6.07) is 0. The zero-order chi connectivity index (χ0) is 12.3. The molecule has 1 heterocycles. The monoisotopic (exact) mass is 249 g/mol. The van der Waals surface area contributed by atoms with E-state index in [4.69, 9.17) is 10.2 Å². The molecule has 3 N–H and O–H groups in total. The van der Waals surface area contributed by atoms with Crippen molar-refractivity contribution in [3.8, 4) is 0 Å². The third kappa shape index (κ3) is 3.02. The van der Waals surface area contributed by atoms with Gasteiger partial charge in [0.25, 0.3) is 0 Å². The molecule has 1 rings (SSSR count). The van der Waals surface area contributed by atoms with Gasteiger partial charge >= 0.3 is 5.97 Å². The molecule has 9 heteroatoms. The highest BCUT2D eigenvalue weighted by molar-refractivity contribution is 7.89. The van der Waals surface area contributed by atoms with Gasteiger partial charge in [0.15, 0.2) is 6.10 Å². The Balaban J connectivity index is 2.70. The lowest BCUT2D eigenvalue weighted by Gasteiger charge is -2.06. The van der Waals surface area contributed by atoms with Gasteiger partial charge in [-0.2, -0.15) is 5.10 Å². The first-order valence-corrected chi connectivity index (χ1v) is 5.70. The second-order valence-electron chi connectivity index (χ2n) is 3.06. The summed E-state index contributed by atoms with van der Waals surface area (Å²) in [7, 11) is -2.28. The zero-order valence-corrected chi connectivity index (χ0v) is 9.18. The predicted octanol–water partition coefficient (Wildman–Crippen LogP) is -1.86. The Morgan fingerprint density at radius 1 is 1.69 bits per heavy atom. The van der Waals surface area contributed by atoms with Crippen LogP contribution in [0.15, 0.2) is 17.3 Å². The minimum Gasteiger partial charge on any atom is -0.479 e. The van der Waals surface area contributed by atoms with Gasteiger partial charge in [-0.05, 0) is 0 Å². The van der Waals surface area contributed by atoms with Crippen LogP contribution in [0.4, 0.5) is 0 Å². The van der Waals surface area contributed by atoms with Crippen molar-refractivity contribution in [1.29, 1.82) is 0 Å². The van der Waals surface area contributed by atoms with E-state index in [-0.39, 0.29) is 4.90 Å². The fourth-order valence-electron chi connectivity index (χ4n) is 0.897. The first kappa shape index (κ1) is 12.6. The Kier molecular flexibility index (Phi) is 3.62. The number of aromatic nitrogens is 2. The number of hydrogen-bond donors (Lipinski definition) is 3. The van der Waals surface area contributed by atoms with E-state index in [1.807, 2.05) is 4.72 Å². The van der Waals surface area contributed by atoms with E-state index in [0.29, 0.717) is 0 Å². The summed E-state index contributed by atoms with van der Waals surface area (Å²) in [5.41, 5.74) is 0. The molecule has 0 aliphatic carbocycles. The lowest BCUT2D eigenvalue weighted by atomic mass is 10.4. The van der Waals surface area contributed by atoms with Crippen LogP contribution in [0.5, 0.6) is 0 Å². The number of carbonyl (C=O) groups is 1. The number of nitrogens with one attached hydrogen (secondary N) is 1. The summed E-state index contributed by atoms with van der Waals surface area (Å²) in [6.45, 7) is -0.591. The Labute approximate surface area is 91.6 Å². The molecule has 8 nitrogen and oxygen atoms in total. The number of aliphatic carboxylic acids is 1. The van der Waals surface area contributed by atoms with Crippen LogP contribution in [0.3, 0.4) is 0 Å². The Bertz CT molecular complexity index is 480. The average Bonchev–Trinajstić information content (AvgIpc) is 2.61. The largest absolute Gasteiger partial charge is 0.479 e. The summed E-state index contributed by atoms with van der Waals surface area (Å²) in [4.78, 5) is 10.2. The van der Waals surface area contributed by atoms with Crippen LogP contribution >= 0.6 is 0 Å². The number of carboxylic acid groups (broad SMARTS) is 1. The zero-order valence-electron chi connectivity index (χ0n) is 8.36. The van der Waals surface area contributed by atoms with E-state index in [9.17, 15) is 13.2 Å². The fourth-order valence-corrected chi connectivity index (χ4v) is 1.92. The number of aliphatic hydroxyl groups is 1. The molecule has 0 spiro atoms. The highest BCUT2D eigenvalue weighted by Crippen LogP contribution is 2.05. The van der Waals surface area contributed by atoms with Crippen molar-refractivity contribution in [1.82, 2.24) is 14.5 Å². The van der Waals surface area contributed by atoms with E-state index in [0.717, 1.165) is 6.20 Å². The van der Waals surface area contributed by atoms with Gasteiger partial charge in [-0.25, -0.2) is 17.9 Å². The predicted molar refractivity (Wildman–Crippen MR) is 52.0 cm³/mol. The topological polar surface area (TPSA) is 122 Å². The number of carboxylic acids is 1. The third-order valence-corrected chi connectivity index (χ3v) is 3.12. The number of nitrogens with zero attached hydrogens (tertiary/aromatic N) is 2. The number of aliphatic hydroxyl groups excluding tert-OH is 1. The molecule has 0 fully saturated rings. The number of sulfonamides is 1. The van der Waals surface area contributed by atoms with E-state index in [2.05, 4.69) is 5.10 Å². The molecule has 0 aromatic carbocycles. The van der Waals surface area contributed by atoms with Crippen LogP contribution in [0.1, 0.15) is 0 Å². The van der Waals surface area contributed by atoms with Crippen molar-refractivity contribution in [3.05, 3.63) is 12.4 Å². The lowest BCUT2D eigenvalue weighted by molar-refractivity contribution is -0.146. The second kappa shape index (κ2) is 4.60. The van der Waals surface area contributed by atoms with Gasteiger partial charge in [0.2, 0.25) is 10.0 Å². The summed E-state index contributed by atoms with van der Waals surface area (Å²) >= 11 is 0. The molecular formula is C7H11N3O5S. The van der Waals surface area contributed by atoms with Gasteiger partial charge < -0.3 is 10.2 Å². The van der Waals surface area contributed by atoms with Gasteiger partial charge in [0.1, 0.15) is 4.90 Å². The highest BCUT2D eigenvalue weighted by atomic mass is 32.2. The van der Waals surface area contributed by atoms with Crippen LogP contribution in [0.25, 0.3) is 0 Å². The maximum atomic E-state index is 11.5. The van der Waals surface area contributed by atoms with Gasteiger partial charge in [-0.1, -0.05) is 0 Å². The summed E-state index contributed by atoms with van der Waals surface area (Å²) in [5, 5.41) is 20.9. The summed E-state index contributed by atoms with van der Waals surface area (Å²) in [6.07, 6.45) is 0.608. The minimum absolute atomic E-state index is 0.0902. The van der Waals surface area contributed by atoms with Crippen molar-refractivity contribution < 1.29 is 23.4 Å². The molecule has 90 valence electrons. The molecule has 0 aliphatic heterocycles. The maximum Gasteiger partial charge on any atom is 0.333 e. The van der Waals surface area contributed by atoms with E-state index in [1.54, 1.807) is 7.05 Å². The molecule has 1 aromatic heterocycles. The van der Waals surface area contributed by atoms with E-state index in [1.165, 1.54) is 10.9 Å². The van der Waals surface area contributed by atoms with Crippen LogP contribution in [0, 0.1) is 0 Å². The fraction of sp³-hybridized carbons (Fsp3) is 0.429. The van der Waals surface area contributed by atoms with Crippen molar-refractivity contribution in [2.45, 2.75) is 11.0 Å². The average molecular weight is 249 g/mol. The first-order chi connectivity index (χ1) is 7.33. The Morgan fingerprint density at radius 3 is 2.75 bits per heavy atom. The summed E-state index contributed by atoms with van der Waals surface area (Å²) < 4.78 is 26.3. The lowest BCUT2D eigenvalue weighted by Crippen LogP contribution is -2.36. The maximum absolute atomic E-state index is 11.5. The smallest absolute Gasteiger partial charge is 0.333 e. The van der Waals surface area contributed by atoms with Gasteiger partial charge in [0, 0.05) is 19.8 Å². The summed E-state index contributed by atoms with van der Waals surface area (Å²) in [5.74, 6) is -1.49. The molecular weight excluding hydrogens is 238 g/mol. The quantitative estimate of drug-likeness (QED) is 0.563. The molecule has 0 unspecified atom stereocenters. The van der Waals surface area contributed by atoms with Crippen LogP contribution in [-0.4, -0.2) is 47.0 Å². The van der Waals surface area contributed by atoms with Crippen LogP contribution < -0.4 is 4.72 Å². The van der Waals surface area contributed by atoms with Gasteiger partial charge in [0.05, 0.1) is 6.20 Å². The second-order valence-corrected chi connectivity index (χ2v) is 4.82. The SMILES string of the molecule is Cn1cc(S(=O)(=O)NC[C@H](O)C(=O)O)cn1. The molecule has 0 aliphatic rings. The Hall–Kier alpha value is -1.45. The Morgan fingerprint density at radius 2 is 2.31 bits per heavy atom.